The van der Waals surface area contributed by atoms with Gasteiger partial charge in [-0.05, 0) is 12.1 Å². The third-order valence-corrected chi connectivity index (χ3v) is 2.22. The van der Waals surface area contributed by atoms with Crippen molar-refractivity contribution in [3.05, 3.63) is 23.3 Å². The van der Waals surface area contributed by atoms with Crippen LogP contribution in [0.15, 0.2) is 12.1 Å². The number of amides is 2. The molecule has 1 aromatic rings. The van der Waals surface area contributed by atoms with E-state index >= 15 is 0 Å². The first-order valence-corrected chi connectivity index (χ1v) is 5.38. The average Bonchev–Trinajstić information content (AvgIpc) is 2.26. The average molecular weight is 278 g/mol. The van der Waals surface area contributed by atoms with Crippen LogP contribution in [-0.2, 0) is 9.59 Å². The molecular formula is C12H10N2O6-2. The number of rotatable bonds is 4. The molecule has 0 fully saturated rings. The van der Waals surface area contributed by atoms with Gasteiger partial charge in [0.25, 0.3) is 0 Å². The lowest BCUT2D eigenvalue weighted by molar-refractivity contribution is -0.255. The maximum absolute atomic E-state index is 11.0. The van der Waals surface area contributed by atoms with Crippen molar-refractivity contribution in [3.8, 4) is 0 Å². The van der Waals surface area contributed by atoms with Crippen molar-refractivity contribution < 1.29 is 29.4 Å². The van der Waals surface area contributed by atoms with Gasteiger partial charge in [0, 0.05) is 25.0 Å². The Kier molecular flexibility index (Phi) is 4.42. The van der Waals surface area contributed by atoms with Gasteiger partial charge in [-0.3, -0.25) is 9.59 Å². The van der Waals surface area contributed by atoms with E-state index in [1.165, 1.54) is 0 Å². The Bertz CT molecular complexity index is 559. The molecule has 0 aliphatic carbocycles. The van der Waals surface area contributed by atoms with E-state index in [4.69, 9.17) is 0 Å². The second-order valence-electron chi connectivity index (χ2n) is 3.88. The number of aromatic carboxylic acids is 2. The summed E-state index contributed by atoms with van der Waals surface area (Å²) in [6.07, 6.45) is 0. The highest BCUT2D eigenvalue weighted by Crippen LogP contribution is 2.25. The molecule has 0 saturated heterocycles. The van der Waals surface area contributed by atoms with Crippen LogP contribution < -0.4 is 20.8 Å². The number of carboxylic acid groups (broad SMARTS) is 2. The summed E-state index contributed by atoms with van der Waals surface area (Å²) in [7, 11) is 0. The summed E-state index contributed by atoms with van der Waals surface area (Å²) in [5.74, 6) is -4.48. The zero-order chi connectivity index (χ0) is 15.4. The number of nitrogens with one attached hydrogen (secondary N) is 2. The van der Waals surface area contributed by atoms with Crippen LogP contribution in [0.25, 0.3) is 0 Å². The molecule has 2 N–H and O–H groups in total. The molecule has 0 atom stereocenters. The number of anilines is 2. The van der Waals surface area contributed by atoms with Gasteiger partial charge in [-0.1, -0.05) is 0 Å². The fraction of sp³-hybridized carbons (Fsp3) is 0.167. The molecule has 1 rings (SSSR count). The van der Waals surface area contributed by atoms with Crippen LogP contribution in [0.5, 0.6) is 0 Å². The van der Waals surface area contributed by atoms with Gasteiger partial charge in [-0.25, -0.2) is 0 Å². The van der Waals surface area contributed by atoms with Gasteiger partial charge in [0.15, 0.2) is 0 Å². The lowest BCUT2D eigenvalue weighted by Crippen LogP contribution is -2.28. The predicted molar refractivity (Wildman–Crippen MR) is 63.7 cm³/mol. The van der Waals surface area contributed by atoms with Gasteiger partial charge in [-0.2, -0.15) is 0 Å². The molecule has 0 unspecified atom stereocenters. The molecule has 20 heavy (non-hydrogen) atoms. The molecular weight excluding hydrogens is 268 g/mol. The summed E-state index contributed by atoms with van der Waals surface area (Å²) in [6, 6.07) is 1.76. The van der Waals surface area contributed by atoms with Crippen molar-refractivity contribution in [2.75, 3.05) is 10.6 Å². The van der Waals surface area contributed by atoms with Crippen LogP contribution in [0, 0.1) is 0 Å². The number of carboxylic acids is 2. The molecule has 106 valence electrons. The summed E-state index contributed by atoms with van der Waals surface area (Å²) >= 11 is 0. The van der Waals surface area contributed by atoms with E-state index in [2.05, 4.69) is 10.6 Å². The van der Waals surface area contributed by atoms with Crippen molar-refractivity contribution in [2.24, 2.45) is 0 Å². The Labute approximate surface area is 113 Å². The van der Waals surface area contributed by atoms with E-state index in [0.29, 0.717) is 0 Å². The van der Waals surface area contributed by atoms with Crippen molar-refractivity contribution in [2.45, 2.75) is 13.8 Å². The summed E-state index contributed by atoms with van der Waals surface area (Å²) < 4.78 is 0. The third-order valence-electron chi connectivity index (χ3n) is 2.22. The van der Waals surface area contributed by atoms with E-state index in [9.17, 15) is 29.4 Å². The van der Waals surface area contributed by atoms with E-state index < -0.39 is 34.9 Å². The highest BCUT2D eigenvalue weighted by molar-refractivity contribution is 6.06. The van der Waals surface area contributed by atoms with Crippen molar-refractivity contribution in [1.29, 1.82) is 0 Å². The lowest BCUT2D eigenvalue weighted by atomic mass is 10.1. The SMILES string of the molecule is CC(=O)Nc1cc(NC(C)=O)c(C(=O)[O-])cc1C(=O)[O-]. The zero-order valence-electron chi connectivity index (χ0n) is 10.6. The first-order valence-electron chi connectivity index (χ1n) is 5.38. The first kappa shape index (κ1) is 15.2. The summed E-state index contributed by atoms with van der Waals surface area (Å²) in [5.41, 5.74) is -1.44. The number of hydrogen-bond acceptors (Lipinski definition) is 6. The molecule has 8 nitrogen and oxygen atoms in total. The van der Waals surface area contributed by atoms with E-state index in [1.54, 1.807) is 0 Å². The minimum atomic E-state index is -1.68. The Balaban J connectivity index is 3.50. The molecule has 0 aliphatic rings. The normalized spacial score (nSPS) is 9.70. The molecule has 0 aromatic heterocycles. The van der Waals surface area contributed by atoms with E-state index in [0.717, 1.165) is 26.0 Å². The molecule has 0 spiro atoms. The van der Waals surface area contributed by atoms with Crippen LogP contribution in [0.2, 0.25) is 0 Å². The maximum atomic E-state index is 11.0. The third kappa shape index (κ3) is 3.55. The standard InChI is InChI=1S/C12H12N2O6/c1-5(15)13-9-4-10(14-6(2)16)8(12(19)20)3-7(9)11(17)18/h3-4H,1-2H3,(H,13,15)(H,14,16)(H,17,18)(H,19,20)/p-2. The van der Waals surface area contributed by atoms with Gasteiger partial charge >= 0.3 is 0 Å². The van der Waals surface area contributed by atoms with Gasteiger partial charge in [0.05, 0.1) is 23.3 Å². The Morgan fingerprint density at radius 2 is 1.15 bits per heavy atom. The van der Waals surface area contributed by atoms with Crippen LogP contribution in [0.1, 0.15) is 34.6 Å². The molecule has 1 aromatic carbocycles. The van der Waals surface area contributed by atoms with Crippen LogP contribution in [0.4, 0.5) is 11.4 Å². The Hall–Kier alpha value is -2.90. The van der Waals surface area contributed by atoms with Crippen molar-refractivity contribution in [1.82, 2.24) is 0 Å². The molecule has 0 aliphatic heterocycles. The lowest BCUT2D eigenvalue weighted by Gasteiger charge is -2.17. The van der Waals surface area contributed by atoms with Crippen LogP contribution in [0.3, 0.4) is 0 Å². The van der Waals surface area contributed by atoms with Crippen molar-refractivity contribution in [3.63, 3.8) is 0 Å². The first-order chi connectivity index (χ1) is 9.22. The van der Waals surface area contributed by atoms with Gasteiger partial charge in [0.2, 0.25) is 11.8 Å². The van der Waals surface area contributed by atoms with E-state index in [-0.39, 0.29) is 11.4 Å². The minimum Gasteiger partial charge on any atom is -0.545 e. The van der Waals surface area contributed by atoms with Crippen LogP contribution in [-0.4, -0.2) is 23.8 Å². The fourth-order valence-corrected chi connectivity index (χ4v) is 1.52. The van der Waals surface area contributed by atoms with Crippen LogP contribution >= 0.6 is 0 Å². The molecule has 0 heterocycles. The number of carbonyl (C=O) groups excluding carboxylic acids is 4. The van der Waals surface area contributed by atoms with Gasteiger partial charge in [-0.15, -0.1) is 0 Å². The largest absolute Gasteiger partial charge is 0.545 e. The van der Waals surface area contributed by atoms with Gasteiger partial charge < -0.3 is 30.4 Å². The van der Waals surface area contributed by atoms with E-state index in [1.807, 2.05) is 0 Å². The fourth-order valence-electron chi connectivity index (χ4n) is 1.52. The summed E-state index contributed by atoms with van der Waals surface area (Å²) in [4.78, 5) is 43.9. The highest BCUT2D eigenvalue weighted by Gasteiger charge is 2.13. The summed E-state index contributed by atoms with van der Waals surface area (Å²) in [5, 5.41) is 26.3. The second kappa shape index (κ2) is 5.83. The molecule has 0 saturated carbocycles. The Morgan fingerprint density at radius 3 is 1.40 bits per heavy atom. The maximum Gasteiger partial charge on any atom is 0.221 e. The molecule has 0 bridgehead atoms. The summed E-state index contributed by atoms with van der Waals surface area (Å²) in [6.45, 7) is 2.29. The molecule has 2 amide bonds. The van der Waals surface area contributed by atoms with Crippen molar-refractivity contribution >= 4 is 35.1 Å². The highest BCUT2D eigenvalue weighted by atomic mass is 16.4. The topological polar surface area (TPSA) is 138 Å². The Morgan fingerprint density at radius 1 is 0.800 bits per heavy atom. The predicted octanol–water partition coefficient (Wildman–Crippen LogP) is -1.67. The number of benzene rings is 1. The molecule has 0 radical (unpaired) electrons. The smallest absolute Gasteiger partial charge is 0.221 e. The monoisotopic (exact) mass is 278 g/mol. The number of hydrogen-bond donors (Lipinski definition) is 2. The van der Waals surface area contributed by atoms with Gasteiger partial charge in [0.1, 0.15) is 0 Å². The quantitative estimate of drug-likeness (QED) is 0.675. The molecule has 8 heteroatoms. The number of carbonyl (C=O) groups is 4. The second-order valence-corrected chi connectivity index (χ2v) is 3.88. The zero-order valence-corrected chi connectivity index (χ0v) is 10.6. The minimum absolute atomic E-state index is 0.189.